The lowest BCUT2D eigenvalue weighted by Gasteiger charge is -2.61. The maximum Gasteiger partial charge on any atom is 0.220 e. The van der Waals surface area contributed by atoms with Gasteiger partial charge in [0.25, 0.3) is 0 Å². The Hall–Kier alpha value is -1.91. The Morgan fingerprint density at radius 1 is 0.788 bits per heavy atom. The molecule has 296 valence electrons. The molecule has 0 aromatic heterocycles. The van der Waals surface area contributed by atoms with E-state index in [1.54, 1.807) is 0 Å². The van der Waals surface area contributed by atoms with Gasteiger partial charge >= 0.3 is 0 Å². The summed E-state index contributed by atoms with van der Waals surface area (Å²) in [5.41, 5.74) is 14.4. The highest BCUT2D eigenvalue weighted by molar-refractivity contribution is 5.75. The van der Waals surface area contributed by atoms with Gasteiger partial charge in [-0.05, 0) is 135 Å². The van der Waals surface area contributed by atoms with Crippen LogP contribution in [0.2, 0.25) is 0 Å². The Morgan fingerprint density at radius 3 is 2.06 bits per heavy atom. The Balaban J connectivity index is 0.946. The number of nitrogen functional groups attached to an aromatic ring is 2. The monoisotopic (exact) mass is 720 g/mol. The summed E-state index contributed by atoms with van der Waals surface area (Å²) in [5.74, 6) is 5.81. The van der Waals surface area contributed by atoms with E-state index in [4.69, 9.17) is 16.2 Å². The molecule has 5 nitrogen and oxygen atoms in total. The van der Waals surface area contributed by atoms with Gasteiger partial charge in [-0.3, -0.25) is 4.79 Å². The fraction of sp³-hybridized carbons (Fsp3) is 0.851. The molecule has 0 bridgehead atoms. The maximum absolute atomic E-state index is 12.9. The number of fused-ring (bicyclic) bond motifs is 5. The van der Waals surface area contributed by atoms with Gasteiger partial charge in [-0.2, -0.15) is 0 Å². The summed E-state index contributed by atoms with van der Waals surface area (Å²) in [6.45, 7) is 10.9. The van der Waals surface area contributed by atoms with Crippen LogP contribution in [0.1, 0.15) is 195 Å². The van der Waals surface area contributed by atoms with Crippen molar-refractivity contribution in [2.75, 3.05) is 18.0 Å². The molecule has 9 atom stereocenters. The van der Waals surface area contributed by atoms with Crippen molar-refractivity contribution in [2.24, 2.45) is 46.3 Å². The third-order valence-electron chi connectivity index (χ3n) is 15.6. The number of rotatable bonds is 22. The van der Waals surface area contributed by atoms with Crippen molar-refractivity contribution in [2.45, 2.75) is 201 Å². The van der Waals surface area contributed by atoms with E-state index in [0.717, 1.165) is 67.6 Å². The van der Waals surface area contributed by atoms with Crippen LogP contribution in [0.25, 0.3) is 0 Å². The van der Waals surface area contributed by atoms with Crippen LogP contribution in [0, 0.1) is 46.3 Å². The third kappa shape index (κ3) is 10.6. The third-order valence-corrected chi connectivity index (χ3v) is 15.6. The lowest BCUT2D eigenvalue weighted by atomic mass is 9.44. The van der Waals surface area contributed by atoms with E-state index >= 15 is 0 Å². The molecule has 0 saturated heterocycles. The molecule has 1 aromatic rings. The highest BCUT2D eigenvalue weighted by atomic mass is 16.5. The average Bonchev–Trinajstić information content (AvgIpc) is 3.49. The number of unbranched alkanes of at least 4 members (excludes halogenated alkanes) is 14. The van der Waals surface area contributed by atoms with E-state index in [0.29, 0.717) is 34.5 Å². The highest BCUT2D eigenvalue weighted by Crippen LogP contribution is 2.68. The average molecular weight is 720 g/mol. The zero-order chi connectivity index (χ0) is 37.0. The van der Waals surface area contributed by atoms with Gasteiger partial charge in [0, 0.05) is 18.7 Å². The molecule has 0 heterocycles. The first-order valence-corrected chi connectivity index (χ1v) is 22.7. The van der Waals surface area contributed by atoms with Crippen LogP contribution in [0.5, 0.6) is 5.75 Å². The van der Waals surface area contributed by atoms with E-state index in [1.807, 2.05) is 18.2 Å². The molecule has 5 N–H and O–H groups in total. The normalized spacial score (nSPS) is 31.7. The van der Waals surface area contributed by atoms with Crippen LogP contribution >= 0.6 is 0 Å². The number of anilines is 2. The SMILES string of the molecule is CCCCCCCCCCCCCCCCCNC(=O)CC[C@@H](C)[C@H]1CC[C@H]2[C@@H]3CCC4CC(Oc5ccc(N)cc5N)CC[C@]4(C)[C@H]3CC[C@]12C. The number of ether oxygens (including phenoxy) is 1. The van der Waals surface area contributed by atoms with E-state index in [2.05, 4.69) is 33.0 Å². The largest absolute Gasteiger partial charge is 0.488 e. The second-order valence-corrected chi connectivity index (χ2v) is 19.0. The first-order chi connectivity index (χ1) is 25.2. The van der Waals surface area contributed by atoms with Crippen LogP contribution in [0.4, 0.5) is 11.4 Å². The molecular formula is C47H81N3O2. The van der Waals surface area contributed by atoms with Crippen LogP contribution in [-0.4, -0.2) is 18.6 Å². The number of amides is 1. The fourth-order valence-corrected chi connectivity index (χ4v) is 12.5. The van der Waals surface area contributed by atoms with Gasteiger partial charge < -0.3 is 21.5 Å². The zero-order valence-corrected chi connectivity index (χ0v) is 34.3. The van der Waals surface area contributed by atoms with Crippen molar-refractivity contribution in [1.82, 2.24) is 5.32 Å². The Morgan fingerprint density at radius 2 is 1.40 bits per heavy atom. The van der Waals surface area contributed by atoms with Crippen LogP contribution in [0.15, 0.2) is 18.2 Å². The van der Waals surface area contributed by atoms with Gasteiger partial charge in [-0.1, -0.05) is 118 Å². The second kappa shape index (κ2) is 20.1. The van der Waals surface area contributed by atoms with E-state index in [9.17, 15) is 4.79 Å². The zero-order valence-electron chi connectivity index (χ0n) is 34.3. The predicted octanol–water partition coefficient (Wildman–Crippen LogP) is 12.7. The minimum Gasteiger partial charge on any atom is -0.488 e. The molecule has 0 radical (unpaired) electrons. The summed E-state index contributed by atoms with van der Waals surface area (Å²) < 4.78 is 6.50. The summed E-state index contributed by atoms with van der Waals surface area (Å²) in [4.78, 5) is 12.9. The van der Waals surface area contributed by atoms with Crippen molar-refractivity contribution in [3.8, 4) is 5.75 Å². The quantitative estimate of drug-likeness (QED) is 0.0822. The molecule has 1 aromatic carbocycles. The van der Waals surface area contributed by atoms with Gasteiger partial charge in [-0.15, -0.1) is 0 Å². The Labute approximate surface area is 320 Å². The summed E-state index contributed by atoms with van der Waals surface area (Å²) in [7, 11) is 0. The number of hydrogen-bond acceptors (Lipinski definition) is 4. The Kier molecular flexibility index (Phi) is 16.0. The summed E-state index contributed by atoms with van der Waals surface area (Å²) >= 11 is 0. The molecule has 2 unspecified atom stereocenters. The number of carbonyl (C=O) groups is 1. The predicted molar refractivity (Wildman–Crippen MR) is 221 cm³/mol. The van der Waals surface area contributed by atoms with Gasteiger partial charge in [0.05, 0.1) is 11.8 Å². The maximum atomic E-state index is 12.9. The van der Waals surface area contributed by atoms with E-state index < -0.39 is 0 Å². The van der Waals surface area contributed by atoms with Gasteiger partial charge in [0.1, 0.15) is 5.75 Å². The summed E-state index contributed by atoms with van der Waals surface area (Å²) in [6, 6.07) is 5.67. The summed E-state index contributed by atoms with van der Waals surface area (Å²) in [5, 5.41) is 3.27. The van der Waals surface area contributed by atoms with Gasteiger partial charge in [0.15, 0.2) is 0 Å². The molecule has 4 aliphatic carbocycles. The fourth-order valence-electron chi connectivity index (χ4n) is 12.5. The van der Waals surface area contributed by atoms with Gasteiger partial charge in [-0.25, -0.2) is 0 Å². The molecule has 1 amide bonds. The first-order valence-electron chi connectivity index (χ1n) is 22.7. The van der Waals surface area contributed by atoms with Crippen molar-refractivity contribution < 1.29 is 9.53 Å². The van der Waals surface area contributed by atoms with E-state index in [-0.39, 0.29) is 12.0 Å². The second-order valence-electron chi connectivity index (χ2n) is 19.0. The molecule has 0 spiro atoms. The number of benzene rings is 1. The number of nitrogens with one attached hydrogen (secondary N) is 1. The summed E-state index contributed by atoms with van der Waals surface area (Å²) in [6.07, 6.45) is 34.5. The molecule has 5 rings (SSSR count). The molecule has 4 fully saturated rings. The molecule has 0 aliphatic heterocycles. The van der Waals surface area contributed by atoms with Crippen LogP contribution in [-0.2, 0) is 4.79 Å². The minimum absolute atomic E-state index is 0.257. The lowest BCUT2D eigenvalue weighted by molar-refractivity contribution is -0.127. The minimum atomic E-state index is 0.257. The number of nitrogens with two attached hydrogens (primary N) is 2. The first kappa shape index (κ1) is 41.3. The molecule has 4 saturated carbocycles. The number of hydrogen-bond donors (Lipinski definition) is 3. The molecule has 52 heavy (non-hydrogen) atoms. The topological polar surface area (TPSA) is 90.4 Å². The smallest absolute Gasteiger partial charge is 0.220 e. The molecule has 4 aliphatic rings. The van der Waals surface area contributed by atoms with Crippen molar-refractivity contribution in [3.05, 3.63) is 18.2 Å². The van der Waals surface area contributed by atoms with Gasteiger partial charge in [0.2, 0.25) is 5.91 Å². The van der Waals surface area contributed by atoms with Crippen LogP contribution < -0.4 is 21.5 Å². The Bertz CT molecular complexity index is 1220. The lowest BCUT2D eigenvalue weighted by Crippen LogP contribution is -2.54. The van der Waals surface area contributed by atoms with Crippen molar-refractivity contribution in [3.63, 3.8) is 0 Å². The molecular weight excluding hydrogens is 639 g/mol. The number of carbonyl (C=O) groups excluding carboxylic acids is 1. The van der Waals surface area contributed by atoms with Crippen molar-refractivity contribution >= 4 is 17.3 Å². The standard InChI is InChI=1S/C47H81N3O2/c1-5-6-7-8-9-10-11-12-13-14-15-16-17-18-19-32-50-45(51)27-20-35(2)40-24-25-41-39-23-21-36-33-38(52-44-26-22-37(48)34-43(44)49)28-30-46(36,3)42(39)29-31-47(40,41)4/h22,26,34-36,38-42H,5-21,23-25,27-33,48-49H2,1-4H3,(H,50,51)/t35-,36?,38?,39+,40-,41+,42+,46+,47-/m1/s1. The molecule has 5 heteroatoms. The van der Waals surface area contributed by atoms with Crippen molar-refractivity contribution in [1.29, 1.82) is 0 Å². The van der Waals surface area contributed by atoms with E-state index in [1.165, 1.54) is 135 Å². The highest BCUT2D eigenvalue weighted by Gasteiger charge is 2.60. The van der Waals surface area contributed by atoms with Crippen LogP contribution in [0.3, 0.4) is 0 Å².